The molecule has 0 spiro atoms. The van der Waals surface area contributed by atoms with E-state index in [9.17, 15) is 4.79 Å². The zero-order chi connectivity index (χ0) is 23.4. The number of hydrogen-bond acceptors (Lipinski definition) is 4. The highest BCUT2D eigenvalue weighted by molar-refractivity contribution is 6.30. The summed E-state index contributed by atoms with van der Waals surface area (Å²) in [4.78, 5) is 15.0. The van der Waals surface area contributed by atoms with Crippen molar-refractivity contribution in [1.82, 2.24) is 14.7 Å². The predicted molar refractivity (Wildman–Crippen MR) is 133 cm³/mol. The first kappa shape index (κ1) is 23.1. The number of carbonyl (C=O) groups is 1. The molecule has 0 unspecified atom stereocenters. The molecule has 1 fully saturated rings. The van der Waals surface area contributed by atoms with Crippen molar-refractivity contribution in [2.45, 2.75) is 32.3 Å². The minimum Gasteiger partial charge on any atom is -0.486 e. The van der Waals surface area contributed by atoms with Gasteiger partial charge in [-0.15, -0.1) is 0 Å². The van der Waals surface area contributed by atoms with Crippen LogP contribution in [-0.4, -0.2) is 45.9 Å². The van der Waals surface area contributed by atoms with Gasteiger partial charge in [-0.1, -0.05) is 11.6 Å². The van der Waals surface area contributed by atoms with Crippen molar-refractivity contribution < 1.29 is 9.53 Å². The third-order valence-corrected chi connectivity index (χ3v) is 5.88. The maximum atomic E-state index is 12.5. The fraction of sp³-hybridized carbons (Fsp3) is 0.360. The largest absolute Gasteiger partial charge is 0.486 e. The van der Waals surface area contributed by atoms with Crippen LogP contribution in [0.4, 0.5) is 16.2 Å². The molecule has 0 aliphatic carbocycles. The van der Waals surface area contributed by atoms with Gasteiger partial charge in [0.05, 0.1) is 5.69 Å². The number of carbonyl (C=O) groups excluding carboxylic acids is 1. The second-order valence-electron chi connectivity index (χ2n) is 8.98. The summed E-state index contributed by atoms with van der Waals surface area (Å²) < 4.78 is 8.32. The van der Waals surface area contributed by atoms with E-state index >= 15 is 0 Å². The molecule has 2 heterocycles. The monoisotopic (exact) mass is 467 g/mol. The molecular weight excluding hydrogens is 438 g/mol. The summed E-state index contributed by atoms with van der Waals surface area (Å²) in [5.74, 6) is 0.756. The van der Waals surface area contributed by atoms with Gasteiger partial charge in [-0.05, 0) is 88.3 Å². The molecule has 0 radical (unpaired) electrons. The lowest BCUT2D eigenvalue weighted by Gasteiger charge is -2.32. The molecule has 0 atom stereocenters. The second-order valence-corrected chi connectivity index (χ2v) is 9.42. The molecular formula is C25H30ClN5O2. The molecule has 1 aromatic heterocycles. The fourth-order valence-corrected chi connectivity index (χ4v) is 4.30. The SMILES string of the molecule is Cn1nccc1-c1cc(NC(=O)Nc2ccc(Cl)cc2)ccc1OC(C)(C)CN1CCCC1. The second kappa shape index (κ2) is 9.85. The molecule has 2 aromatic carbocycles. The van der Waals surface area contributed by atoms with E-state index in [1.54, 1.807) is 35.1 Å². The number of urea groups is 1. The zero-order valence-electron chi connectivity index (χ0n) is 19.3. The number of anilines is 2. The minimum absolute atomic E-state index is 0.337. The molecule has 1 aliphatic heterocycles. The van der Waals surface area contributed by atoms with Crippen LogP contribution in [0.5, 0.6) is 5.75 Å². The first-order valence-corrected chi connectivity index (χ1v) is 11.5. The van der Waals surface area contributed by atoms with Crippen LogP contribution < -0.4 is 15.4 Å². The first-order chi connectivity index (χ1) is 15.8. The van der Waals surface area contributed by atoms with Crippen LogP contribution in [0.3, 0.4) is 0 Å². The van der Waals surface area contributed by atoms with E-state index in [-0.39, 0.29) is 11.6 Å². The van der Waals surface area contributed by atoms with E-state index in [0.717, 1.165) is 36.6 Å². The highest BCUT2D eigenvalue weighted by Crippen LogP contribution is 2.35. The fourth-order valence-electron chi connectivity index (χ4n) is 4.17. The Kier molecular flexibility index (Phi) is 6.91. The summed E-state index contributed by atoms with van der Waals surface area (Å²) in [7, 11) is 1.89. The number of nitrogens with one attached hydrogen (secondary N) is 2. The van der Waals surface area contributed by atoms with Gasteiger partial charge in [0.1, 0.15) is 11.4 Å². The molecule has 7 nitrogen and oxygen atoms in total. The summed E-state index contributed by atoms with van der Waals surface area (Å²) in [6.45, 7) is 7.33. The van der Waals surface area contributed by atoms with Crippen molar-refractivity contribution in [2.24, 2.45) is 7.05 Å². The quantitative estimate of drug-likeness (QED) is 0.471. The standard InChI is InChI=1S/C25H30ClN5O2/c1-25(2,17-31-14-4-5-15-31)33-23-11-10-20(16-21(23)22-12-13-27-30(22)3)29-24(32)28-19-8-6-18(26)7-9-19/h6-13,16H,4-5,14-15,17H2,1-3H3,(H2,28,29,32). The lowest BCUT2D eigenvalue weighted by molar-refractivity contribution is 0.0690. The Morgan fingerprint density at radius 2 is 1.73 bits per heavy atom. The van der Waals surface area contributed by atoms with Gasteiger partial charge in [0, 0.05) is 41.8 Å². The Hall–Kier alpha value is -3.03. The topological polar surface area (TPSA) is 71.4 Å². The molecule has 4 rings (SSSR count). The van der Waals surface area contributed by atoms with E-state index in [0.29, 0.717) is 16.4 Å². The molecule has 33 heavy (non-hydrogen) atoms. The van der Waals surface area contributed by atoms with Crippen LogP contribution in [0.25, 0.3) is 11.3 Å². The molecule has 0 saturated carbocycles. The number of nitrogens with zero attached hydrogens (tertiary/aromatic N) is 3. The highest BCUT2D eigenvalue weighted by Gasteiger charge is 2.27. The molecule has 2 amide bonds. The van der Waals surface area contributed by atoms with Gasteiger partial charge in [-0.2, -0.15) is 5.10 Å². The summed E-state index contributed by atoms with van der Waals surface area (Å²) in [6, 6.07) is 14.2. The molecule has 174 valence electrons. The Labute approximate surface area is 199 Å². The number of rotatable bonds is 7. The number of aromatic nitrogens is 2. The van der Waals surface area contributed by atoms with Gasteiger partial charge in [-0.25, -0.2) is 4.79 Å². The normalized spacial score (nSPS) is 14.3. The third-order valence-electron chi connectivity index (χ3n) is 5.63. The maximum absolute atomic E-state index is 12.5. The first-order valence-electron chi connectivity index (χ1n) is 11.2. The number of ether oxygens (including phenoxy) is 1. The highest BCUT2D eigenvalue weighted by atomic mass is 35.5. The van der Waals surface area contributed by atoms with E-state index in [1.807, 2.05) is 31.3 Å². The molecule has 1 saturated heterocycles. The van der Waals surface area contributed by atoms with Gasteiger partial charge >= 0.3 is 6.03 Å². The summed E-state index contributed by atoms with van der Waals surface area (Å²) in [5.41, 5.74) is 2.73. The number of benzene rings is 2. The lowest BCUT2D eigenvalue weighted by Crippen LogP contribution is -2.41. The molecule has 1 aliphatic rings. The van der Waals surface area contributed by atoms with Crippen molar-refractivity contribution >= 4 is 29.0 Å². The van der Waals surface area contributed by atoms with Gasteiger partial charge in [0.2, 0.25) is 0 Å². The van der Waals surface area contributed by atoms with Gasteiger partial charge in [0.25, 0.3) is 0 Å². The Bertz CT molecular complexity index is 1100. The van der Waals surface area contributed by atoms with Gasteiger partial charge in [-0.3, -0.25) is 9.58 Å². The molecule has 0 bridgehead atoms. The van der Waals surface area contributed by atoms with E-state index in [4.69, 9.17) is 16.3 Å². The van der Waals surface area contributed by atoms with Crippen molar-refractivity contribution in [2.75, 3.05) is 30.3 Å². The third kappa shape index (κ3) is 6.06. The van der Waals surface area contributed by atoms with Crippen molar-refractivity contribution in [1.29, 1.82) is 0 Å². The minimum atomic E-state index is -0.363. The number of amides is 2. The van der Waals surface area contributed by atoms with E-state index in [2.05, 4.69) is 34.5 Å². The summed E-state index contributed by atoms with van der Waals surface area (Å²) in [6.07, 6.45) is 4.24. The van der Waals surface area contributed by atoms with Crippen LogP contribution in [0.1, 0.15) is 26.7 Å². The zero-order valence-corrected chi connectivity index (χ0v) is 20.0. The van der Waals surface area contributed by atoms with E-state index in [1.165, 1.54) is 12.8 Å². The number of hydrogen-bond donors (Lipinski definition) is 2. The number of aryl methyl sites for hydroxylation is 1. The predicted octanol–water partition coefficient (Wildman–Crippen LogP) is 5.64. The molecule has 2 N–H and O–H groups in total. The Morgan fingerprint density at radius 1 is 1.06 bits per heavy atom. The van der Waals surface area contributed by atoms with Gasteiger partial charge < -0.3 is 15.4 Å². The van der Waals surface area contributed by atoms with Crippen molar-refractivity contribution in [3.8, 4) is 17.0 Å². The summed E-state index contributed by atoms with van der Waals surface area (Å²) in [5, 5.41) is 10.6. The van der Waals surface area contributed by atoms with Crippen LogP contribution in [-0.2, 0) is 7.05 Å². The smallest absolute Gasteiger partial charge is 0.323 e. The number of likely N-dealkylation sites (tertiary alicyclic amines) is 1. The Morgan fingerprint density at radius 3 is 2.39 bits per heavy atom. The van der Waals surface area contributed by atoms with Crippen LogP contribution in [0.2, 0.25) is 5.02 Å². The van der Waals surface area contributed by atoms with E-state index < -0.39 is 0 Å². The maximum Gasteiger partial charge on any atom is 0.323 e. The average Bonchev–Trinajstić information content (AvgIpc) is 3.42. The van der Waals surface area contributed by atoms with Crippen molar-refractivity contribution in [3.05, 3.63) is 59.8 Å². The number of halogens is 1. The lowest BCUT2D eigenvalue weighted by atomic mass is 10.1. The summed E-state index contributed by atoms with van der Waals surface area (Å²) >= 11 is 5.91. The molecule has 8 heteroatoms. The van der Waals surface area contributed by atoms with Crippen LogP contribution in [0.15, 0.2) is 54.7 Å². The molecule has 3 aromatic rings. The van der Waals surface area contributed by atoms with Crippen molar-refractivity contribution in [3.63, 3.8) is 0 Å². The van der Waals surface area contributed by atoms with Crippen LogP contribution >= 0.6 is 11.6 Å². The Balaban J connectivity index is 1.54. The van der Waals surface area contributed by atoms with Crippen LogP contribution in [0, 0.1) is 0 Å². The van der Waals surface area contributed by atoms with Gasteiger partial charge in [0.15, 0.2) is 0 Å². The average molecular weight is 468 g/mol.